The maximum absolute atomic E-state index is 12.5. The Morgan fingerprint density at radius 2 is 2.40 bits per heavy atom. The highest BCUT2D eigenvalue weighted by molar-refractivity contribution is 7.99. The molecule has 108 valence electrons. The second-order valence-electron chi connectivity index (χ2n) is 5.83. The van der Waals surface area contributed by atoms with Crippen LogP contribution in [0.4, 0.5) is 0 Å². The smallest absolute Gasteiger partial charge is 0.227 e. The van der Waals surface area contributed by atoms with E-state index in [0.29, 0.717) is 0 Å². The Morgan fingerprint density at radius 1 is 1.55 bits per heavy atom. The minimum absolute atomic E-state index is 0.0925. The summed E-state index contributed by atoms with van der Waals surface area (Å²) in [5.41, 5.74) is 0.889. The molecule has 2 unspecified atom stereocenters. The number of amides is 1. The maximum Gasteiger partial charge on any atom is 0.227 e. The van der Waals surface area contributed by atoms with Crippen molar-refractivity contribution in [1.29, 1.82) is 0 Å². The first-order chi connectivity index (χ1) is 9.58. The predicted molar refractivity (Wildman–Crippen MR) is 83.3 cm³/mol. The molecule has 2 aliphatic rings. The molecule has 2 heterocycles. The topological polar surface area (TPSA) is 41.1 Å². The van der Waals surface area contributed by atoms with Crippen LogP contribution in [0.5, 0.6) is 0 Å². The minimum atomic E-state index is -0.274. The number of carbonyl (C=O) groups is 1. The van der Waals surface area contributed by atoms with E-state index in [2.05, 4.69) is 16.7 Å². The molecule has 0 aromatic heterocycles. The fraction of sp³-hybridized carbons (Fsp3) is 0.533. The van der Waals surface area contributed by atoms with Gasteiger partial charge in [0.2, 0.25) is 5.91 Å². The van der Waals surface area contributed by atoms with E-state index in [1.807, 2.05) is 30.8 Å². The molecule has 2 atom stereocenters. The second-order valence-corrected chi connectivity index (χ2v) is 7.41. The Labute approximate surface area is 128 Å². The van der Waals surface area contributed by atoms with Crippen molar-refractivity contribution in [1.82, 2.24) is 10.6 Å². The zero-order valence-electron chi connectivity index (χ0n) is 11.5. The summed E-state index contributed by atoms with van der Waals surface area (Å²) in [6, 6.07) is 6.05. The fourth-order valence-electron chi connectivity index (χ4n) is 2.86. The summed E-state index contributed by atoms with van der Waals surface area (Å²) in [6.07, 6.45) is 1.87. The average Bonchev–Trinajstić information content (AvgIpc) is 2.88. The first-order valence-electron chi connectivity index (χ1n) is 7.02. The molecule has 3 rings (SSSR count). The first kappa shape index (κ1) is 14.2. The lowest BCUT2D eigenvalue weighted by molar-refractivity contribution is -0.130. The summed E-state index contributed by atoms with van der Waals surface area (Å²) in [4.78, 5) is 13.8. The van der Waals surface area contributed by atoms with Crippen LogP contribution >= 0.6 is 23.4 Å². The Kier molecular flexibility index (Phi) is 3.98. The summed E-state index contributed by atoms with van der Waals surface area (Å²) in [5, 5.41) is 7.24. The van der Waals surface area contributed by atoms with Gasteiger partial charge in [0.1, 0.15) is 0 Å². The van der Waals surface area contributed by atoms with E-state index in [1.54, 1.807) is 0 Å². The number of carbonyl (C=O) groups excluding carboxylic acids is 1. The highest BCUT2D eigenvalue weighted by atomic mass is 35.5. The number of hydrogen-bond acceptors (Lipinski definition) is 3. The van der Waals surface area contributed by atoms with Crippen LogP contribution in [-0.2, 0) is 4.79 Å². The predicted octanol–water partition coefficient (Wildman–Crippen LogP) is 2.99. The Balaban J connectivity index is 1.79. The lowest BCUT2D eigenvalue weighted by Crippen LogP contribution is -2.42. The van der Waals surface area contributed by atoms with Crippen LogP contribution in [0.1, 0.15) is 31.4 Å². The summed E-state index contributed by atoms with van der Waals surface area (Å²) in [5.74, 6) is 1.19. The third kappa shape index (κ3) is 2.69. The van der Waals surface area contributed by atoms with Crippen LogP contribution in [0.2, 0.25) is 5.02 Å². The number of benzene rings is 1. The van der Waals surface area contributed by atoms with E-state index >= 15 is 0 Å². The molecule has 3 nitrogen and oxygen atoms in total. The molecule has 1 fully saturated rings. The Bertz CT molecular complexity index is 529. The molecular weight excluding hydrogens is 292 g/mol. The van der Waals surface area contributed by atoms with Crippen LogP contribution in [0.25, 0.3) is 0 Å². The van der Waals surface area contributed by atoms with Crippen molar-refractivity contribution in [2.45, 2.75) is 30.7 Å². The van der Waals surface area contributed by atoms with Crippen LogP contribution in [-0.4, -0.2) is 24.7 Å². The lowest BCUT2D eigenvalue weighted by Gasteiger charge is -2.30. The molecule has 0 saturated carbocycles. The highest BCUT2D eigenvalue weighted by Gasteiger charge is 2.37. The monoisotopic (exact) mass is 310 g/mol. The van der Waals surface area contributed by atoms with Crippen molar-refractivity contribution in [3.05, 3.63) is 28.8 Å². The SMILES string of the molecule is CC1(C(=O)NC2CCSc3ccc(Cl)cc32)CCNC1. The molecular formula is C15H19ClN2OS. The van der Waals surface area contributed by atoms with Gasteiger partial charge in [-0.15, -0.1) is 11.8 Å². The third-order valence-corrected chi connectivity index (χ3v) is 5.59. The number of halogens is 1. The van der Waals surface area contributed by atoms with Crippen molar-refractivity contribution in [3.63, 3.8) is 0 Å². The van der Waals surface area contributed by atoms with Crippen LogP contribution in [0.3, 0.4) is 0 Å². The maximum atomic E-state index is 12.5. The van der Waals surface area contributed by atoms with Crippen molar-refractivity contribution in [3.8, 4) is 0 Å². The average molecular weight is 311 g/mol. The minimum Gasteiger partial charge on any atom is -0.349 e. The zero-order valence-corrected chi connectivity index (χ0v) is 13.1. The molecule has 0 spiro atoms. The molecule has 2 aliphatic heterocycles. The van der Waals surface area contributed by atoms with Gasteiger partial charge in [0.25, 0.3) is 0 Å². The van der Waals surface area contributed by atoms with E-state index in [9.17, 15) is 4.79 Å². The first-order valence-corrected chi connectivity index (χ1v) is 8.39. The van der Waals surface area contributed by atoms with E-state index in [-0.39, 0.29) is 17.4 Å². The molecule has 1 amide bonds. The summed E-state index contributed by atoms with van der Waals surface area (Å²) < 4.78 is 0. The van der Waals surface area contributed by atoms with E-state index in [1.165, 1.54) is 4.90 Å². The summed E-state index contributed by atoms with van der Waals surface area (Å²) in [6.45, 7) is 3.73. The van der Waals surface area contributed by atoms with Gasteiger partial charge in [-0.3, -0.25) is 4.79 Å². The molecule has 5 heteroatoms. The Hall–Kier alpha value is -0.710. The number of thioether (sulfide) groups is 1. The van der Waals surface area contributed by atoms with Gasteiger partial charge in [0.15, 0.2) is 0 Å². The van der Waals surface area contributed by atoms with Crippen molar-refractivity contribution in [2.24, 2.45) is 5.41 Å². The summed E-state index contributed by atoms with van der Waals surface area (Å²) in [7, 11) is 0. The van der Waals surface area contributed by atoms with Crippen LogP contribution < -0.4 is 10.6 Å². The number of rotatable bonds is 2. The molecule has 1 aromatic carbocycles. The molecule has 20 heavy (non-hydrogen) atoms. The zero-order chi connectivity index (χ0) is 14.2. The van der Waals surface area contributed by atoms with Crippen LogP contribution in [0.15, 0.2) is 23.1 Å². The van der Waals surface area contributed by atoms with E-state index < -0.39 is 0 Å². The second kappa shape index (κ2) is 5.58. The van der Waals surface area contributed by atoms with E-state index in [4.69, 9.17) is 11.6 Å². The molecule has 0 aliphatic carbocycles. The number of hydrogen-bond donors (Lipinski definition) is 2. The molecule has 2 N–H and O–H groups in total. The number of fused-ring (bicyclic) bond motifs is 1. The van der Waals surface area contributed by atoms with Crippen molar-refractivity contribution < 1.29 is 4.79 Å². The molecule has 1 aromatic rings. The van der Waals surface area contributed by atoms with Gasteiger partial charge < -0.3 is 10.6 Å². The quantitative estimate of drug-likeness (QED) is 0.882. The van der Waals surface area contributed by atoms with Crippen molar-refractivity contribution >= 4 is 29.3 Å². The van der Waals surface area contributed by atoms with Gasteiger partial charge in [-0.05, 0) is 50.1 Å². The normalized spacial score (nSPS) is 29.0. The lowest BCUT2D eigenvalue weighted by atomic mass is 9.88. The molecule has 0 radical (unpaired) electrons. The standard InChI is InChI=1S/C15H19ClN2OS/c1-15(5-6-17-9-15)14(19)18-12-4-7-20-13-3-2-10(16)8-11(12)13/h2-3,8,12,17H,4-7,9H2,1H3,(H,18,19). The van der Waals surface area contributed by atoms with Gasteiger partial charge >= 0.3 is 0 Å². The van der Waals surface area contributed by atoms with Gasteiger partial charge in [-0.1, -0.05) is 11.6 Å². The molecule has 1 saturated heterocycles. The largest absolute Gasteiger partial charge is 0.349 e. The summed E-state index contributed by atoms with van der Waals surface area (Å²) >= 11 is 7.94. The third-order valence-electron chi connectivity index (χ3n) is 4.23. The van der Waals surface area contributed by atoms with Gasteiger partial charge in [0, 0.05) is 22.2 Å². The number of nitrogens with one attached hydrogen (secondary N) is 2. The van der Waals surface area contributed by atoms with Crippen molar-refractivity contribution in [2.75, 3.05) is 18.8 Å². The Morgan fingerprint density at radius 3 is 3.15 bits per heavy atom. The van der Waals surface area contributed by atoms with Gasteiger partial charge in [0.05, 0.1) is 11.5 Å². The fourth-order valence-corrected chi connectivity index (χ4v) is 4.14. The van der Waals surface area contributed by atoms with Gasteiger partial charge in [-0.25, -0.2) is 0 Å². The highest BCUT2D eigenvalue weighted by Crippen LogP contribution is 2.38. The van der Waals surface area contributed by atoms with Gasteiger partial charge in [-0.2, -0.15) is 0 Å². The molecule has 0 bridgehead atoms. The van der Waals surface area contributed by atoms with Crippen LogP contribution in [0, 0.1) is 5.41 Å². The van der Waals surface area contributed by atoms with E-state index in [0.717, 1.165) is 42.3 Å².